The molecule has 0 aromatic heterocycles. The lowest BCUT2D eigenvalue weighted by molar-refractivity contribution is 0.739. The van der Waals surface area contributed by atoms with Crippen molar-refractivity contribution in [1.82, 2.24) is 0 Å². The van der Waals surface area contributed by atoms with Crippen LogP contribution in [-0.2, 0) is 6.42 Å². The molecule has 2 rings (SSSR count). The molecule has 1 radical (unpaired) electrons. The third-order valence-corrected chi connectivity index (χ3v) is 3.35. The van der Waals surface area contributed by atoms with Crippen molar-refractivity contribution in [3.8, 4) is 0 Å². The predicted octanol–water partition coefficient (Wildman–Crippen LogP) is 4.79. The Kier molecular flexibility index (Phi) is 4.21. The van der Waals surface area contributed by atoms with Gasteiger partial charge in [0.1, 0.15) is 0 Å². The highest BCUT2D eigenvalue weighted by Gasteiger charge is 2.09. The quantitative estimate of drug-likeness (QED) is 0.674. The normalized spacial score (nSPS) is 15.9. The molecule has 1 aromatic rings. The van der Waals surface area contributed by atoms with Gasteiger partial charge in [-0.1, -0.05) is 37.6 Å². The Bertz CT molecular complexity index is 360. The van der Waals surface area contributed by atoms with E-state index >= 15 is 0 Å². The van der Waals surface area contributed by atoms with Gasteiger partial charge in [-0.25, -0.2) is 0 Å². The first-order valence-corrected chi connectivity index (χ1v) is 6.61. The van der Waals surface area contributed by atoms with Gasteiger partial charge < -0.3 is 0 Å². The van der Waals surface area contributed by atoms with Crippen LogP contribution in [0.5, 0.6) is 0 Å². The zero-order valence-corrected chi connectivity index (χ0v) is 10.3. The summed E-state index contributed by atoms with van der Waals surface area (Å²) >= 11 is 0. The fraction of sp³-hybridized carbons (Fsp3) is 0.500. The van der Waals surface area contributed by atoms with Crippen LogP contribution in [0.4, 0.5) is 0 Å². The number of unbranched alkanes of at least 4 members (excludes halogenated alkanes) is 1. The first kappa shape index (κ1) is 11.4. The summed E-state index contributed by atoms with van der Waals surface area (Å²) in [5, 5.41) is 0. The summed E-state index contributed by atoms with van der Waals surface area (Å²) in [6, 6.07) is 9.90. The van der Waals surface area contributed by atoms with Crippen LogP contribution in [0.15, 0.2) is 24.3 Å². The second-order valence-corrected chi connectivity index (χ2v) is 4.65. The largest absolute Gasteiger partial charge is 0.0807 e. The summed E-state index contributed by atoms with van der Waals surface area (Å²) in [7, 11) is 0. The van der Waals surface area contributed by atoms with Crippen molar-refractivity contribution in [3.63, 3.8) is 0 Å². The van der Waals surface area contributed by atoms with E-state index in [0.717, 1.165) is 0 Å². The van der Waals surface area contributed by atoms with E-state index in [0.29, 0.717) is 0 Å². The lowest BCUT2D eigenvalue weighted by atomic mass is 9.89. The maximum atomic E-state index is 3.45. The molecule has 85 valence electrons. The van der Waals surface area contributed by atoms with Gasteiger partial charge in [-0.05, 0) is 61.3 Å². The Hall–Kier alpha value is -1.04. The molecule has 1 aliphatic carbocycles. The van der Waals surface area contributed by atoms with Crippen LogP contribution in [-0.4, -0.2) is 0 Å². The van der Waals surface area contributed by atoms with Crippen molar-refractivity contribution in [2.24, 2.45) is 0 Å². The van der Waals surface area contributed by atoms with Gasteiger partial charge in [0.25, 0.3) is 0 Å². The van der Waals surface area contributed by atoms with E-state index in [1.807, 2.05) is 0 Å². The van der Waals surface area contributed by atoms with E-state index in [-0.39, 0.29) is 0 Å². The van der Waals surface area contributed by atoms with Crippen LogP contribution >= 0.6 is 0 Å². The van der Waals surface area contributed by atoms with E-state index in [1.54, 1.807) is 0 Å². The molecule has 0 heteroatoms. The van der Waals surface area contributed by atoms with Gasteiger partial charge in [-0.3, -0.25) is 0 Å². The van der Waals surface area contributed by atoms with Crippen LogP contribution in [0.3, 0.4) is 0 Å². The molecule has 1 aromatic carbocycles. The Balaban J connectivity index is 2.21. The fourth-order valence-corrected chi connectivity index (χ4v) is 2.41. The topological polar surface area (TPSA) is 0 Å². The summed E-state index contributed by atoms with van der Waals surface area (Å²) < 4.78 is 0. The van der Waals surface area contributed by atoms with Crippen LogP contribution in [0.1, 0.15) is 56.6 Å². The van der Waals surface area contributed by atoms with Crippen LogP contribution in [0, 0.1) is 6.07 Å². The van der Waals surface area contributed by atoms with Gasteiger partial charge in [0.05, 0.1) is 0 Å². The summed E-state index contributed by atoms with van der Waals surface area (Å²) in [6.45, 7) is 2.26. The zero-order chi connectivity index (χ0) is 11.2. The van der Waals surface area contributed by atoms with Crippen LogP contribution in [0.2, 0.25) is 0 Å². The summed E-state index contributed by atoms with van der Waals surface area (Å²) in [6.07, 6.45) is 11.4. The van der Waals surface area contributed by atoms with Gasteiger partial charge in [0.2, 0.25) is 0 Å². The summed E-state index contributed by atoms with van der Waals surface area (Å²) in [4.78, 5) is 0. The van der Waals surface area contributed by atoms with Gasteiger partial charge in [0.15, 0.2) is 0 Å². The van der Waals surface area contributed by atoms with Gasteiger partial charge in [-0.2, -0.15) is 0 Å². The Labute approximate surface area is 99.4 Å². The SMILES string of the molecule is CCCCc1ccc[c]c1C1=CCCCC1. The van der Waals surface area contributed by atoms with Crippen molar-refractivity contribution in [2.75, 3.05) is 0 Å². The minimum Gasteiger partial charge on any atom is -0.0807 e. The van der Waals surface area contributed by atoms with E-state index in [1.165, 1.54) is 61.6 Å². The first-order valence-electron chi connectivity index (χ1n) is 6.61. The molecule has 0 spiro atoms. The maximum absolute atomic E-state index is 3.45. The van der Waals surface area contributed by atoms with Crippen molar-refractivity contribution in [1.29, 1.82) is 0 Å². The fourth-order valence-electron chi connectivity index (χ4n) is 2.41. The highest BCUT2D eigenvalue weighted by molar-refractivity contribution is 5.68. The summed E-state index contributed by atoms with van der Waals surface area (Å²) in [5.41, 5.74) is 4.44. The summed E-state index contributed by atoms with van der Waals surface area (Å²) in [5.74, 6) is 0. The van der Waals surface area contributed by atoms with Crippen molar-refractivity contribution in [3.05, 3.63) is 41.5 Å². The molecular formula is C16H21. The van der Waals surface area contributed by atoms with Gasteiger partial charge in [-0.15, -0.1) is 0 Å². The average Bonchev–Trinajstić information content (AvgIpc) is 2.38. The molecule has 0 nitrogen and oxygen atoms in total. The third kappa shape index (κ3) is 2.75. The standard InChI is InChI=1S/C16H21/c1-2-3-9-14-12-7-8-13-16(14)15-10-5-4-6-11-15/h7-8,10,12H,2-6,9,11H2,1H3. The second-order valence-electron chi connectivity index (χ2n) is 4.65. The molecule has 1 aliphatic rings. The van der Waals surface area contributed by atoms with Crippen LogP contribution < -0.4 is 0 Å². The minimum atomic E-state index is 1.21. The molecule has 0 heterocycles. The van der Waals surface area contributed by atoms with Crippen molar-refractivity contribution in [2.45, 2.75) is 51.9 Å². The molecule has 0 unspecified atom stereocenters. The minimum absolute atomic E-state index is 1.21. The molecule has 0 atom stereocenters. The monoisotopic (exact) mass is 213 g/mol. The molecular weight excluding hydrogens is 192 g/mol. The highest BCUT2D eigenvalue weighted by atomic mass is 14.1. The molecule has 0 N–H and O–H groups in total. The van der Waals surface area contributed by atoms with E-state index in [9.17, 15) is 0 Å². The van der Waals surface area contributed by atoms with E-state index in [4.69, 9.17) is 0 Å². The van der Waals surface area contributed by atoms with Crippen molar-refractivity contribution < 1.29 is 0 Å². The second kappa shape index (κ2) is 5.89. The number of rotatable bonds is 4. The number of hydrogen-bond donors (Lipinski definition) is 0. The van der Waals surface area contributed by atoms with Crippen molar-refractivity contribution >= 4 is 5.57 Å². The van der Waals surface area contributed by atoms with Gasteiger partial charge in [0, 0.05) is 0 Å². The lowest BCUT2D eigenvalue weighted by Gasteiger charge is -2.16. The maximum Gasteiger partial charge on any atom is -0.00998 e. The average molecular weight is 213 g/mol. The predicted molar refractivity (Wildman–Crippen MR) is 70.3 cm³/mol. The molecule has 0 bridgehead atoms. The van der Waals surface area contributed by atoms with Gasteiger partial charge >= 0.3 is 0 Å². The first-order chi connectivity index (χ1) is 7.92. The number of allylic oxidation sites excluding steroid dienone is 2. The highest BCUT2D eigenvalue weighted by Crippen LogP contribution is 2.29. The lowest BCUT2D eigenvalue weighted by Crippen LogP contribution is -1.97. The molecule has 0 saturated heterocycles. The third-order valence-electron chi connectivity index (χ3n) is 3.35. The Morgan fingerprint density at radius 2 is 2.25 bits per heavy atom. The molecule has 0 saturated carbocycles. The Morgan fingerprint density at radius 1 is 1.31 bits per heavy atom. The van der Waals surface area contributed by atoms with E-state index < -0.39 is 0 Å². The van der Waals surface area contributed by atoms with E-state index in [2.05, 4.69) is 37.3 Å². The number of hydrogen-bond acceptors (Lipinski definition) is 0. The molecule has 0 fully saturated rings. The number of aryl methyl sites for hydroxylation is 1. The Morgan fingerprint density at radius 3 is 3.00 bits per heavy atom. The zero-order valence-electron chi connectivity index (χ0n) is 10.3. The molecule has 0 aliphatic heterocycles. The smallest absolute Gasteiger partial charge is 0.00998 e. The molecule has 16 heavy (non-hydrogen) atoms. The van der Waals surface area contributed by atoms with Crippen LogP contribution in [0.25, 0.3) is 5.57 Å². The molecule has 0 amide bonds. The number of benzene rings is 1.